The van der Waals surface area contributed by atoms with Crippen molar-refractivity contribution in [1.82, 2.24) is 24.1 Å². The van der Waals surface area contributed by atoms with E-state index >= 15 is 0 Å². The van der Waals surface area contributed by atoms with Gasteiger partial charge in [0.2, 0.25) is 10.0 Å². The molecule has 2 aliphatic carbocycles. The number of aromatic nitrogens is 4. The first-order chi connectivity index (χ1) is 20.7. The summed E-state index contributed by atoms with van der Waals surface area (Å²) in [5, 5.41) is 5.53. The van der Waals surface area contributed by atoms with Gasteiger partial charge in [0.25, 0.3) is 0 Å². The van der Waals surface area contributed by atoms with Crippen LogP contribution in [0.25, 0.3) is 16.7 Å². The van der Waals surface area contributed by atoms with Gasteiger partial charge >= 0.3 is 0 Å². The molecule has 10 heteroatoms. The molecule has 3 aliphatic rings. The molecule has 2 aromatic heterocycles. The van der Waals surface area contributed by atoms with Crippen molar-refractivity contribution in [3.63, 3.8) is 0 Å². The maximum Gasteiger partial charge on any atom is 0.215 e. The summed E-state index contributed by atoms with van der Waals surface area (Å²) < 4.78 is 31.3. The number of carbonyl (C=O) groups is 1. The minimum Gasteiger partial charge on any atom is -0.355 e. The Morgan fingerprint density at radius 2 is 1.67 bits per heavy atom. The Labute approximate surface area is 253 Å². The van der Waals surface area contributed by atoms with Gasteiger partial charge in [0.1, 0.15) is 17.4 Å². The number of hydrogen-bond acceptors (Lipinski definition) is 7. The van der Waals surface area contributed by atoms with Crippen LogP contribution in [0.15, 0.2) is 66.9 Å². The molecule has 2 saturated carbocycles. The first-order valence-electron chi connectivity index (χ1n) is 15.3. The van der Waals surface area contributed by atoms with Crippen LogP contribution in [-0.2, 0) is 21.2 Å². The molecule has 0 radical (unpaired) electrons. The highest BCUT2D eigenvalue weighted by Crippen LogP contribution is 2.64. The molecule has 0 N–H and O–H groups in total. The van der Waals surface area contributed by atoms with Crippen LogP contribution in [-0.4, -0.2) is 70.2 Å². The minimum atomic E-state index is -3.63. The summed E-state index contributed by atoms with van der Waals surface area (Å²) in [5.41, 5.74) is 1.71. The molecule has 0 amide bonds. The Kier molecular flexibility index (Phi) is 6.89. The predicted molar refractivity (Wildman–Crippen MR) is 167 cm³/mol. The zero-order chi connectivity index (χ0) is 29.8. The summed E-state index contributed by atoms with van der Waals surface area (Å²) in [4.78, 5) is 25.3. The van der Waals surface area contributed by atoms with Crippen LogP contribution in [0.5, 0.6) is 0 Å². The minimum absolute atomic E-state index is 0.0782. The highest BCUT2D eigenvalue weighted by molar-refractivity contribution is 7.89. The van der Waals surface area contributed by atoms with Crippen molar-refractivity contribution in [2.45, 2.75) is 46.0 Å². The molecule has 2 atom stereocenters. The molecule has 1 saturated heterocycles. The molecule has 43 heavy (non-hydrogen) atoms. The lowest BCUT2D eigenvalue weighted by atomic mass is 9.70. The third-order valence-electron chi connectivity index (χ3n) is 10.4. The number of nitrogens with zero attached hydrogens (tertiary/aromatic N) is 6. The molecule has 0 spiro atoms. The van der Waals surface area contributed by atoms with E-state index in [9.17, 15) is 13.2 Å². The summed E-state index contributed by atoms with van der Waals surface area (Å²) in [5.74, 6) is 1.82. The summed E-state index contributed by atoms with van der Waals surface area (Å²) >= 11 is 0. The van der Waals surface area contributed by atoms with Crippen LogP contribution < -0.4 is 4.90 Å². The Balaban J connectivity index is 1.19. The van der Waals surface area contributed by atoms with Crippen LogP contribution in [0.3, 0.4) is 0 Å². The molecule has 1 unspecified atom stereocenters. The smallest absolute Gasteiger partial charge is 0.215 e. The summed E-state index contributed by atoms with van der Waals surface area (Å²) in [6, 6.07) is 20.1. The maximum atomic E-state index is 13.9. The maximum absolute atomic E-state index is 13.9. The van der Waals surface area contributed by atoms with E-state index in [1.165, 1.54) is 0 Å². The monoisotopic (exact) mass is 598 g/mol. The van der Waals surface area contributed by atoms with E-state index in [0.29, 0.717) is 57.7 Å². The lowest BCUT2D eigenvalue weighted by Crippen LogP contribution is -2.47. The van der Waals surface area contributed by atoms with E-state index < -0.39 is 15.4 Å². The van der Waals surface area contributed by atoms with Crippen LogP contribution in [0.2, 0.25) is 0 Å². The number of sulfonamides is 1. The van der Waals surface area contributed by atoms with Crippen molar-refractivity contribution in [3.05, 3.63) is 78.2 Å². The number of ketones is 1. The number of rotatable bonds is 7. The van der Waals surface area contributed by atoms with Gasteiger partial charge in [0.05, 0.1) is 23.0 Å². The Morgan fingerprint density at radius 1 is 0.930 bits per heavy atom. The largest absolute Gasteiger partial charge is 0.355 e. The average molecular weight is 599 g/mol. The van der Waals surface area contributed by atoms with Gasteiger partial charge in [-0.3, -0.25) is 4.79 Å². The first-order valence-corrected chi connectivity index (χ1v) is 16.9. The van der Waals surface area contributed by atoms with Gasteiger partial charge < -0.3 is 4.90 Å². The van der Waals surface area contributed by atoms with Crippen molar-refractivity contribution in [2.24, 2.45) is 16.7 Å². The Hall–Kier alpha value is -3.63. The van der Waals surface area contributed by atoms with Crippen molar-refractivity contribution in [3.8, 4) is 5.69 Å². The molecule has 3 fully saturated rings. The van der Waals surface area contributed by atoms with Crippen LogP contribution >= 0.6 is 0 Å². The molecule has 2 bridgehead atoms. The number of carbonyl (C=O) groups excluding carboxylic acids is 1. The second kappa shape index (κ2) is 10.5. The quantitative estimate of drug-likeness (QED) is 0.305. The second-order valence-electron chi connectivity index (χ2n) is 12.9. The van der Waals surface area contributed by atoms with Crippen LogP contribution in [0.1, 0.15) is 50.9 Å². The lowest BCUT2D eigenvalue weighted by molar-refractivity contribution is -0.128. The van der Waals surface area contributed by atoms with Gasteiger partial charge in [-0.15, -0.1) is 0 Å². The lowest BCUT2D eigenvalue weighted by Gasteiger charge is -2.37. The van der Waals surface area contributed by atoms with Gasteiger partial charge in [-0.1, -0.05) is 62.4 Å². The first kappa shape index (κ1) is 28.2. The highest BCUT2D eigenvalue weighted by atomic mass is 32.2. The molecule has 9 nitrogen and oxygen atoms in total. The number of fused-ring (bicyclic) bond motifs is 3. The molecule has 3 heterocycles. The van der Waals surface area contributed by atoms with Crippen molar-refractivity contribution in [1.29, 1.82) is 0 Å². The van der Waals surface area contributed by atoms with Crippen LogP contribution in [0.4, 0.5) is 5.82 Å². The second-order valence-corrected chi connectivity index (χ2v) is 14.9. The van der Waals surface area contributed by atoms with E-state index in [1.807, 2.05) is 59.4 Å². The molecule has 224 valence electrons. The summed E-state index contributed by atoms with van der Waals surface area (Å²) in [6.07, 6.45) is 5.18. The van der Waals surface area contributed by atoms with Gasteiger partial charge in [0, 0.05) is 44.4 Å². The highest BCUT2D eigenvalue weighted by Gasteiger charge is 2.65. The average Bonchev–Trinajstić information content (AvgIpc) is 3.46. The number of anilines is 1. The zero-order valence-electron chi connectivity index (χ0n) is 24.8. The molecular formula is C33H38N6O3S. The van der Waals surface area contributed by atoms with Gasteiger partial charge in [0.15, 0.2) is 5.65 Å². The normalized spacial score (nSPS) is 24.1. The zero-order valence-corrected chi connectivity index (χ0v) is 25.6. The fourth-order valence-electron chi connectivity index (χ4n) is 7.69. The third-order valence-corrected chi connectivity index (χ3v) is 12.4. The molecule has 2 aromatic carbocycles. The van der Waals surface area contributed by atoms with Gasteiger partial charge in [-0.2, -0.15) is 5.10 Å². The topological polar surface area (TPSA) is 101 Å². The number of para-hydroxylation sites is 1. The standard InChI is InChI=1S/C33H38N6O3S/c1-32(2)25-14-15-33(32,28(40)21-25)23-43(41,42)38-17-9-16-37(18-19-38)30-27-22-34-39(26-12-7-4-8-13-26)31(27)36-29(35-30)20-24-10-5-3-6-11-24/h3-8,10-13,22,25H,9,14-21,23H2,1-2H3/t25?,33-/m1/s1. The molecule has 1 aliphatic heterocycles. The molecule has 7 rings (SSSR count). The van der Waals surface area contributed by atoms with E-state index in [0.717, 1.165) is 34.5 Å². The Morgan fingerprint density at radius 3 is 2.37 bits per heavy atom. The van der Waals surface area contributed by atoms with Crippen molar-refractivity contribution >= 4 is 32.7 Å². The van der Waals surface area contributed by atoms with E-state index in [2.05, 4.69) is 30.9 Å². The van der Waals surface area contributed by atoms with Gasteiger partial charge in [-0.25, -0.2) is 27.4 Å². The fourth-order valence-corrected chi connectivity index (χ4v) is 9.94. The molecule has 4 aromatic rings. The summed E-state index contributed by atoms with van der Waals surface area (Å²) in [6.45, 7) is 6.14. The van der Waals surface area contributed by atoms with E-state index in [1.54, 1.807) is 4.31 Å². The number of hydrogen-bond donors (Lipinski definition) is 0. The predicted octanol–water partition coefficient (Wildman–Crippen LogP) is 4.64. The fraction of sp³-hybridized carbons (Fsp3) is 0.455. The number of Topliss-reactive ketones (excluding diaryl/α,β-unsaturated/α-hetero) is 1. The van der Waals surface area contributed by atoms with Gasteiger partial charge in [-0.05, 0) is 48.3 Å². The Bertz CT molecular complexity index is 1770. The third kappa shape index (κ3) is 4.75. The van der Waals surface area contributed by atoms with E-state index in [4.69, 9.17) is 15.1 Å². The van der Waals surface area contributed by atoms with Crippen molar-refractivity contribution in [2.75, 3.05) is 36.8 Å². The van der Waals surface area contributed by atoms with E-state index in [-0.39, 0.29) is 22.9 Å². The van der Waals surface area contributed by atoms with Crippen molar-refractivity contribution < 1.29 is 13.2 Å². The summed E-state index contributed by atoms with van der Waals surface area (Å²) in [7, 11) is -3.63. The van der Waals surface area contributed by atoms with Crippen LogP contribution in [0, 0.1) is 16.7 Å². The SMILES string of the molecule is CC1(C)C2CC[C@@]1(CS(=O)(=O)N1CCCN(c3nc(Cc4ccccc4)nc4c3cnn4-c3ccccc3)CC1)C(=O)C2. The molecular weight excluding hydrogens is 560 g/mol. The number of benzene rings is 2.